The van der Waals surface area contributed by atoms with Crippen LogP contribution in [0, 0.1) is 18.3 Å². The van der Waals surface area contributed by atoms with E-state index in [-0.39, 0.29) is 11.9 Å². The number of piperidine rings is 1. The predicted octanol–water partition coefficient (Wildman–Crippen LogP) is 3.21. The molecule has 1 atom stereocenters. The zero-order valence-corrected chi connectivity index (χ0v) is 21.2. The number of nitriles is 1. The summed E-state index contributed by atoms with van der Waals surface area (Å²) in [7, 11) is 0. The largest absolute Gasteiger partial charge is 0.365 e. The third-order valence-electron chi connectivity index (χ3n) is 6.41. The minimum atomic E-state index is -0.0198. The van der Waals surface area contributed by atoms with Crippen LogP contribution in [0.5, 0.6) is 0 Å². The molecule has 2 N–H and O–H groups in total. The Morgan fingerprint density at radius 3 is 2.74 bits per heavy atom. The molecule has 0 spiro atoms. The Morgan fingerprint density at radius 1 is 1.26 bits per heavy atom. The monoisotopic (exact) mass is 494 g/mol. The number of anilines is 3. The lowest BCUT2D eigenvalue weighted by atomic mass is 10.1. The van der Waals surface area contributed by atoms with E-state index in [9.17, 15) is 4.79 Å². The Morgan fingerprint density at radius 2 is 2.03 bits per heavy atom. The highest BCUT2D eigenvalue weighted by Gasteiger charge is 2.23. The summed E-state index contributed by atoms with van der Waals surface area (Å²) in [5, 5.41) is 16.6. The first-order valence-corrected chi connectivity index (χ1v) is 13.0. The number of amides is 1. The fourth-order valence-electron chi connectivity index (χ4n) is 4.61. The van der Waals surface area contributed by atoms with Gasteiger partial charge < -0.3 is 15.5 Å². The molecule has 2 saturated heterocycles. The SMILES string of the molecule is C=CC(=O)N1CCC[C@H](Nc2cc(CN3CCN(CCC#N)CC3)cc(Nc3ncc(C)s3)n2)C1. The summed E-state index contributed by atoms with van der Waals surface area (Å²) in [6.45, 7) is 12.7. The first-order chi connectivity index (χ1) is 17.0. The van der Waals surface area contributed by atoms with E-state index in [0.29, 0.717) is 13.0 Å². The highest BCUT2D eigenvalue weighted by Crippen LogP contribution is 2.25. The smallest absolute Gasteiger partial charge is 0.246 e. The Bertz CT molecular complexity index is 1060. The van der Waals surface area contributed by atoms with Gasteiger partial charge in [-0.3, -0.25) is 14.6 Å². The summed E-state index contributed by atoms with van der Waals surface area (Å²) in [5.74, 6) is 1.55. The molecule has 2 fully saturated rings. The zero-order chi connectivity index (χ0) is 24.6. The van der Waals surface area contributed by atoms with E-state index < -0.39 is 0 Å². The number of carbonyl (C=O) groups is 1. The molecule has 2 aliphatic rings. The second kappa shape index (κ2) is 12.1. The average molecular weight is 495 g/mol. The molecule has 186 valence electrons. The molecule has 0 aliphatic carbocycles. The van der Waals surface area contributed by atoms with Crippen molar-refractivity contribution in [1.82, 2.24) is 24.7 Å². The van der Waals surface area contributed by atoms with Crippen LogP contribution in [-0.4, -0.2) is 82.4 Å². The van der Waals surface area contributed by atoms with Gasteiger partial charge in [0.25, 0.3) is 0 Å². The number of nitrogens with one attached hydrogen (secondary N) is 2. The number of aryl methyl sites for hydroxylation is 1. The lowest BCUT2D eigenvalue weighted by molar-refractivity contribution is -0.127. The number of likely N-dealkylation sites (tertiary alicyclic amines) is 1. The van der Waals surface area contributed by atoms with E-state index in [0.717, 1.165) is 80.3 Å². The quantitative estimate of drug-likeness (QED) is 0.513. The highest BCUT2D eigenvalue weighted by molar-refractivity contribution is 7.15. The summed E-state index contributed by atoms with van der Waals surface area (Å²) in [4.78, 5) is 29.2. The summed E-state index contributed by atoms with van der Waals surface area (Å²) >= 11 is 1.60. The predicted molar refractivity (Wildman–Crippen MR) is 140 cm³/mol. The molecule has 0 unspecified atom stereocenters. The molecule has 2 aromatic heterocycles. The van der Waals surface area contributed by atoms with Crippen molar-refractivity contribution in [2.24, 2.45) is 0 Å². The highest BCUT2D eigenvalue weighted by atomic mass is 32.1. The molecule has 35 heavy (non-hydrogen) atoms. The molecular formula is C25H34N8OS. The maximum absolute atomic E-state index is 12.1. The van der Waals surface area contributed by atoms with Crippen LogP contribution in [0.3, 0.4) is 0 Å². The molecule has 0 saturated carbocycles. The van der Waals surface area contributed by atoms with Crippen molar-refractivity contribution in [3.8, 4) is 6.07 Å². The van der Waals surface area contributed by atoms with Gasteiger partial charge >= 0.3 is 0 Å². The molecule has 4 heterocycles. The number of aromatic nitrogens is 2. The van der Waals surface area contributed by atoms with E-state index in [2.05, 4.69) is 50.2 Å². The number of pyridine rings is 1. The van der Waals surface area contributed by atoms with Crippen LogP contribution in [0.4, 0.5) is 16.8 Å². The van der Waals surface area contributed by atoms with Gasteiger partial charge in [-0.25, -0.2) is 9.97 Å². The van der Waals surface area contributed by atoms with Gasteiger partial charge in [0.1, 0.15) is 11.6 Å². The van der Waals surface area contributed by atoms with Crippen molar-refractivity contribution in [1.29, 1.82) is 5.26 Å². The van der Waals surface area contributed by atoms with E-state index in [1.165, 1.54) is 11.6 Å². The number of carbonyl (C=O) groups excluding carboxylic acids is 1. The van der Waals surface area contributed by atoms with E-state index in [1.807, 2.05) is 18.0 Å². The lowest BCUT2D eigenvalue weighted by Crippen LogP contribution is -2.46. The molecule has 2 aromatic rings. The van der Waals surface area contributed by atoms with Gasteiger partial charge in [-0.2, -0.15) is 5.26 Å². The topological polar surface area (TPSA) is 100 Å². The average Bonchev–Trinajstić information content (AvgIpc) is 3.27. The molecule has 1 amide bonds. The minimum Gasteiger partial charge on any atom is -0.365 e. The van der Waals surface area contributed by atoms with Crippen LogP contribution in [0.2, 0.25) is 0 Å². The van der Waals surface area contributed by atoms with Gasteiger partial charge in [0.05, 0.1) is 6.07 Å². The number of nitrogens with zero attached hydrogens (tertiary/aromatic N) is 6. The maximum atomic E-state index is 12.1. The Kier molecular flexibility index (Phi) is 8.69. The first-order valence-electron chi connectivity index (χ1n) is 12.2. The van der Waals surface area contributed by atoms with Gasteiger partial charge in [0.15, 0.2) is 5.13 Å². The van der Waals surface area contributed by atoms with Crippen LogP contribution >= 0.6 is 11.3 Å². The van der Waals surface area contributed by atoms with Crippen molar-refractivity contribution in [2.45, 2.75) is 38.8 Å². The molecule has 4 rings (SSSR count). The Hall–Kier alpha value is -3.00. The number of piperazine rings is 1. The minimum absolute atomic E-state index is 0.0198. The molecular weight excluding hydrogens is 460 g/mol. The standard InChI is InChI=1S/C25H34N8OS/c1-3-24(34)33-9-4-6-21(18-33)28-22-14-20(15-23(29-22)30-25-27-16-19(2)35-25)17-32-12-10-31(11-13-32)8-5-7-26/h3,14-16,21H,1,4-6,8-13,17-18H2,2H3,(H2,27,28,29,30)/t21-/m0/s1. The number of hydrogen-bond acceptors (Lipinski definition) is 9. The fourth-order valence-corrected chi connectivity index (χ4v) is 5.28. The zero-order valence-electron chi connectivity index (χ0n) is 20.4. The van der Waals surface area contributed by atoms with Gasteiger partial charge in [-0.15, -0.1) is 11.3 Å². The van der Waals surface area contributed by atoms with Crippen LogP contribution in [-0.2, 0) is 11.3 Å². The van der Waals surface area contributed by atoms with Gasteiger partial charge in [0, 0.05) is 75.9 Å². The maximum Gasteiger partial charge on any atom is 0.246 e. The summed E-state index contributed by atoms with van der Waals surface area (Å²) in [6.07, 6.45) is 5.78. The number of thiazole rings is 1. The normalized spacial score (nSPS) is 19.2. The van der Waals surface area contributed by atoms with E-state index in [1.54, 1.807) is 11.3 Å². The van der Waals surface area contributed by atoms with Crippen molar-refractivity contribution >= 4 is 34.0 Å². The molecule has 10 heteroatoms. The third kappa shape index (κ3) is 7.24. The van der Waals surface area contributed by atoms with Gasteiger partial charge in [-0.05, 0) is 43.5 Å². The summed E-state index contributed by atoms with van der Waals surface area (Å²) < 4.78 is 0. The van der Waals surface area contributed by atoms with Crippen LogP contribution in [0.25, 0.3) is 0 Å². The van der Waals surface area contributed by atoms with Gasteiger partial charge in [-0.1, -0.05) is 6.58 Å². The lowest BCUT2D eigenvalue weighted by Gasteiger charge is -2.34. The van der Waals surface area contributed by atoms with Crippen LogP contribution in [0.1, 0.15) is 29.7 Å². The first kappa shape index (κ1) is 25.1. The van der Waals surface area contributed by atoms with E-state index in [4.69, 9.17) is 10.2 Å². The Balaban J connectivity index is 1.46. The molecule has 9 nitrogen and oxygen atoms in total. The Labute approximate surface area is 211 Å². The van der Waals surface area contributed by atoms with Crippen LogP contribution in [0.15, 0.2) is 31.0 Å². The molecule has 2 aliphatic heterocycles. The van der Waals surface area contributed by atoms with E-state index >= 15 is 0 Å². The van der Waals surface area contributed by atoms with Crippen molar-refractivity contribution in [3.05, 3.63) is 41.4 Å². The van der Waals surface area contributed by atoms with Crippen LogP contribution < -0.4 is 10.6 Å². The number of hydrogen-bond donors (Lipinski definition) is 2. The third-order valence-corrected chi connectivity index (χ3v) is 7.24. The molecule has 0 bridgehead atoms. The van der Waals surface area contributed by atoms with Gasteiger partial charge in [0.2, 0.25) is 5.91 Å². The molecule has 0 radical (unpaired) electrons. The fraction of sp³-hybridized carbons (Fsp3) is 0.520. The number of rotatable bonds is 9. The summed E-state index contributed by atoms with van der Waals surface area (Å²) in [6, 6.07) is 6.60. The summed E-state index contributed by atoms with van der Waals surface area (Å²) in [5.41, 5.74) is 1.18. The van der Waals surface area contributed by atoms with Crippen molar-refractivity contribution in [2.75, 3.05) is 56.4 Å². The second-order valence-corrected chi connectivity index (χ2v) is 10.4. The second-order valence-electron chi connectivity index (χ2n) is 9.14. The van der Waals surface area contributed by atoms with Crippen molar-refractivity contribution in [3.63, 3.8) is 0 Å². The van der Waals surface area contributed by atoms with Crippen molar-refractivity contribution < 1.29 is 4.79 Å². The molecule has 0 aromatic carbocycles.